The number of Topliss-reactive ketones (excluding diaryl/α,β-unsaturated/α-hetero) is 1. The number of pyridine rings is 1. The zero-order chi connectivity index (χ0) is 18.1. The smallest absolute Gasteiger partial charge is 0.258 e. The van der Waals surface area contributed by atoms with Gasteiger partial charge in [0.25, 0.3) is 5.56 Å². The van der Waals surface area contributed by atoms with Crippen LogP contribution in [0.5, 0.6) is 0 Å². The second-order valence-electron chi connectivity index (χ2n) is 6.54. The Kier molecular flexibility index (Phi) is 4.27. The normalized spacial score (nSPS) is 12.9. The summed E-state index contributed by atoms with van der Waals surface area (Å²) in [6, 6.07) is 15.2. The molecule has 0 amide bonds. The van der Waals surface area contributed by atoms with Crippen molar-refractivity contribution >= 4 is 22.1 Å². The first-order chi connectivity index (χ1) is 12.7. The molecular weight excluding hydrogens is 326 g/mol. The molecule has 0 radical (unpaired) electrons. The molecule has 0 saturated heterocycles. The Balaban J connectivity index is 1.62. The van der Waals surface area contributed by atoms with Gasteiger partial charge in [-0.1, -0.05) is 42.5 Å². The number of hydrogen-bond acceptors (Lipinski definition) is 3. The summed E-state index contributed by atoms with van der Waals surface area (Å²) < 4.78 is 1.69. The second kappa shape index (κ2) is 6.73. The van der Waals surface area contributed by atoms with Crippen molar-refractivity contribution in [2.75, 3.05) is 6.61 Å². The van der Waals surface area contributed by atoms with E-state index in [0.717, 1.165) is 18.2 Å². The molecule has 4 nitrogen and oxygen atoms in total. The summed E-state index contributed by atoms with van der Waals surface area (Å²) in [6.45, 7) is 0.0349. The van der Waals surface area contributed by atoms with Gasteiger partial charge in [0.15, 0.2) is 5.78 Å². The number of ketones is 1. The summed E-state index contributed by atoms with van der Waals surface area (Å²) in [7, 11) is 0. The maximum Gasteiger partial charge on any atom is 0.258 e. The van der Waals surface area contributed by atoms with Crippen LogP contribution < -0.4 is 5.56 Å². The highest BCUT2D eigenvalue weighted by molar-refractivity contribution is 6.00. The van der Waals surface area contributed by atoms with Crippen LogP contribution >= 0.6 is 0 Å². The molecule has 0 atom stereocenters. The Hall–Kier alpha value is -2.98. The van der Waals surface area contributed by atoms with Crippen LogP contribution in [0, 0.1) is 0 Å². The molecule has 4 rings (SSSR count). The van der Waals surface area contributed by atoms with E-state index in [1.54, 1.807) is 29.0 Å². The first kappa shape index (κ1) is 16.5. The van der Waals surface area contributed by atoms with Gasteiger partial charge in [-0.25, -0.2) is 0 Å². The Morgan fingerprint density at radius 2 is 1.96 bits per heavy atom. The number of aliphatic hydroxyl groups is 1. The van der Waals surface area contributed by atoms with Crippen LogP contribution in [-0.2, 0) is 13.0 Å². The van der Waals surface area contributed by atoms with Gasteiger partial charge in [0, 0.05) is 23.7 Å². The number of aromatic nitrogens is 1. The third-order valence-corrected chi connectivity index (χ3v) is 5.00. The molecule has 0 fully saturated rings. The van der Waals surface area contributed by atoms with E-state index in [0.29, 0.717) is 17.5 Å². The van der Waals surface area contributed by atoms with Gasteiger partial charge in [-0.2, -0.15) is 0 Å². The summed E-state index contributed by atoms with van der Waals surface area (Å²) >= 11 is 0. The summed E-state index contributed by atoms with van der Waals surface area (Å²) in [6.07, 6.45) is 5.77. The monoisotopic (exact) mass is 345 g/mol. The van der Waals surface area contributed by atoms with Gasteiger partial charge in [-0.15, -0.1) is 0 Å². The number of fused-ring (bicyclic) bond motifs is 2. The van der Waals surface area contributed by atoms with E-state index in [1.807, 2.05) is 12.1 Å². The van der Waals surface area contributed by atoms with Crippen LogP contribution in [0.4, 0.5) is 0 Å². The van der Waals surface area contributed by atoms with Crippen molar-refractivity contribution < 1.29 is 9.90 Å². The number of nitrogens with zero attached hydrogens (tertiary/aromatic N) is 1. The van der Waals surface area contributed by atoms with Gasteiger partial charge in [0.2, 0.25) is 0 Å². The molecule has 0 unspecified atom stereocenters. The fourth-order valence-corrected chi connectivity index (χ4v) is 3.55. The minimum Gasteiger partial charge on any atom is -0.388 e. The molecule has 1 aliphatic rings. The van der Waals surface area contributed by atoms with Crippen LogP contribution in [0.2, 0.25) is 0 Å². The molecular formula is C22H19NO3. The minimum atomic E-state index is -0.555. The summed E-state index contributed by atoms with van der Waals surface area (Å²) in [5.41, 5.74) is 4.14. The largest absolute Gasteiger partial charge is 0.388 e. The maximum atomic E-state index is 12.8. The lowest BCUT2D eigenvalue weighted by molar-refractivity contribution is 0.0904. The van der Waals surface area contributed by atoms with Crippen molar-refractivity contribution in [3.8, 4) is 0 Å². The molecule has 0 spiro atoms. The zero-order valence-corrected chi connectivity index (χ0v) is 14.3. The number of hydrogen-bond donors (Lipinski definition) is 1. The Morgan fingerprint density at radius 1 is 1.12 bits per heavy atom. The number of aryl methyl sites for hydroxylation is 1. The highest BCUT2D eigenvalue weighted by Gasteiger charge is 2.14. The van der Waals surface area contributed by atoms with Crippen LogP contribution in [0.3, 0.4) is 0 Å². The van der Waals surface area contributed by atoms with Crippen molar-refractivity contribution in [1.82, 2.24) is 4.57 Å². The van der Waals surface area contributed by atoms with E-state index in [2.05, 4.69) is 24.3 Å². The third-order valence-electron chi connectivity index (χ3n) is 5.00. The molecule has 0 aliphatic heterocycles. The average Bonchev–Trinajstić information content (AvgIpc) is 3.10. The van der Waals surface area contributed by atoms with Gasteiger partial charge in [-0.3, -0.25) is 9.59 Å². The molecule has 1 N–H and O–H groups in total. The van der Waals surface area contributed by atoms with Gasteiger partial charge in [-0.05, 0) is 47.1 Å². The van der Waals surface area contributed by atoms with E-state index in [-0.39, 0.29) is 11.3 Å². The number of rotatable bonds is 5. The Bertz CT molecular complexity index is 1090. The highest BCUT2D eigenvalue weighted by atomic mass is 16.3. The van der Waals surface area contributed by atoms with Crippen LogP contribution in [0.15, 0.2) is 65.6 Å². The molecule has 0 saturated carbocycles. The van der Waals surface area contributed by atoms with Crippen molar-refractivity contribution in [1.29, 1.82) is 0 Å². The number of carbonyl (C=O) groups excluding carboxylic acids is 1. The van der Waals surface area contributed by atoms with E-state index >= 15 is 0 Å². The molecule has 130 valence electrons. The Labute approximate surface area is 151 Å². The number of benzene rings is 2. The van der Waals surface area contributed by atoms with E-state index in [4.69, 9.17) is 5.11 Å². The number of allylic oxidation sites excluding steroid dienone is 2. The molecule has 3 aromatic rings. The van der Waals surface area contributed by atoms with Crippen LogP contribution in [0.1, 0.15) is 27.9 Å². The van der Waals surface area contributed by atoms with Gasteiger partial charge < -0.3 is 9.67 Å². The molecule has 2 aromatic carbocycles. The second-order valence-corrected chi connectivity index (χ2v) is 6.54. The molecule has 4 heteroatoms. The first-order valence-electron chi connectivity index (χ1n) is 8.72. The zero-order valence-electron chi connectivity index (χ0n) is 14.3. The summed E-state index contributed by atoms with van der Waals surface area (Å²) in [5, 5.41) is 10.3. The highest BCUT2D eigenvalue weighted by Crippen LogP contribution is 2.29. The molecule has 1 aliphatic carbocycles. The minimum absolute atomic E-state index is 0.109. The summed E-state index contributed by atoms with van der Waals surface area (Å²) in [4.78, 5) is 24.5. The standard InChI is InChI=1S/C22H19NO3/c24-14-21(25)18-8-7-17-10-12-23(22(26)20(17)13-18)11-9-16-6-5-15-3-1-2-4-19(15)16/h1-4,6-8,10,12-13,24H,5,9,11,14H2. The van der Waals surface area contributed by atoms with Crippen molar-refractivity contribution in [3.63, 3.8) is 0 Å². The van der Waals surface area contributed by atoms with E-state index in [1.165, 1.54) is 16.7 Å². The predicted octanol–water partition coefficient (Wildman–Crippen LogP) is 3.21. The SMILES string of the molecule is O=C(CO)c1ccc2ccn(CCC3=CCc4ccccc43)c(=O)c2c1. The fraction of sp³-hybridized carbons (Fsp3) is 0.182. The molecule has 26 heavy (non-hydrogen) atoms. The fourth-order valence-electron chi connectivity index (χ4n) is 3.55. The lowest BCUT2D eigenvalue weighted by Gasteiger charge is -2.10. The van der Waals surface area contributed by atoms with Crippen LogP contribution in [0.25, 0.3) is 16.3 Å². The first-order valence-corrected chi connectivity index (χ1v) is 8.72. The van der Waals surface area contributed by atoms with Gasteiger partial charge in [0.1, 0.15) is 6.61 Å². The number of aliphatic hydroxyl groups excluding tert-OH is 1. The van der Waals surface area contributed by atoms with Crippen molar-refractivity contribution in [2.24, 2.45) is 0 Å². The lowest BCUT2D eigenvalue weighted by atomic mass is 10.0. The lowest BCUT2D eigenvalue weighted by Crippen LogP contribution is -2.20. The maximum absolute atomic E-state index is 12.8. The summed E-state index contributed by atoms with van der Waals surface area (Å²) in [5.74, 6) is -0.380. The van der Waals surface area contributed by atoms with E-state index in [9.17, 15) is 9.59 Å². The molecule has 1 aromatic heterocycles. The Morgan fingerprint density at radius 3 is 2.81 bits per heavy atom. The van der Waals surface area contributed by atoms with E-state index < -0.39 is 6.61 Å². The van der Waals surface area contributed by atoms with Gasteiger partial charge in [0.05, 0.1) is 0 Å². The predicted molar refractivity (Wildman–Crippen MR) is 102 cm³/mol. The van der Waals surface area contributed by atoms with Gasteiger partial charge >= 0.3 is 0 Å². The molecule has 0 bridgehead atoms. The molecule has 1 heterocycles. The topological polar surface area (TPSA) is 59.3 Å². The third kappa shape index (κ3) is 2.89. The quantitative estimate of drug-likeness (QED) is 0.723. The average molecular weight is 345 g/mol. The van der Waals surface area contributed by atoms with Crippen molar-refractivity contribution in [3.05, 3.63) is 87.8 Å². The van der Waals surface area contributed by atoms with Crippen LogP contribution in [-0.4, -0.2) is 22.1 Å². The van der Waals surface area contributed by atoms with Crippen molar-refractivity contribution in [2.45, 2.75) is 19.4 Å². The number of carbonyl (C=O) groups is 1.